The predicted octanol–water partition coefficient (Wildman–Crippen LogP) is 2.35. The van der Waals surface area contributed by atoms with Gasteiger partial charge in [-0.3, -0.25) is 4.79 Å². The minimum absolute atomic E-state index is 0.0577. The second-order valence-corrected chi connectivity index (χ2v) is 6.04. The fourth-order valence-electron chi connectivity index (χ4n) is 1.99. The molecule has 1 atom stereocenters. The number of rotatable bonds is 6. The summed E-state index contributed by atoms with van der Waals surface area (Å²) in [5.41, 5.74) is 1.50. The minimum atomic E-state index is -0.0577. The van der Waals surface area contributed by atoms with Crippen molar-refractivity contribution in [2.24, 2.45) is 0 Å². The lowest BCUT2D eigenvalue weighted by Crippen LogP contribution is -2.33. The smallest absolute Gasteiger partial charge is 0.256 e. The molecule has 5 nitrogen and oxygen atoms in total. The number of aromatic nitrogens is 2. The van der Waals surface area contributed by atoms with Gasteiger partial charge in [-0.25, -0.2) is 4.68 Å². The van der Waals surface area contributed by atoms with Gasteiger partial charge in [0, 0.05) is 26.9 Å². The number of ether oxygens (including phenoxy) is 1. The Labute approximate surface area is 132 Å². The zero-order valence-corrected chi connectivity index (χ0v) is 13.7. The number of benzene rings is 1. The van der Waals surface area contributed by atoms with E-state index in [1.807, 2.05) is 30.3 Å². The predicted molar refractivity (Wildman–Crippen MR) is 85.1 cm³/mol. The molecule has 1 aromatic heterocycles. The van der Waals surface area contributed by atoms with E-state index in [0.29, 0.717) is 18.7 Å². The van der Waals surface area contributed by atoms with Crippen LogP contribution in [-0.4, -0.2) is 52.7 Å². The van der Waals surface area contributed by atoms with Crippen molar-refractivity contribution in [3.63, 3.8) is 0 Å². The SMILES string of the molecule is COCC(Br)CN(C)C(=O)c1cnn(-c2ccccc2)c1. The summed E-state index contributed by atoms with van der Waals surface area (Å²) in [6.45, 7) is 1.13. The fraction of sp³-hybridized carbons (Fsp3) is 0.333. The summed E-state index contributed by atoms with van der Waals surface area (Å²) in [5, 5.41) is 4.24. The van der Waals surface area contributed by atoms with E-state index in [4.69, 9.17) is 4.74 Å². The van der Waals surface area contributed by atoms with Gasteiger partial charge < -0.3 is 9.64 Å². The standard InChI is InChI=1S/C15H18BrN3O2/c1-18(10-13(16)11-21-2)15(20)12-8-17-19(9-12)14-6-4-3-5-7-14/h3-9,13H,10-11H2,1-2H3. The molecule has 0 aliphatic rings. The molecule has 0 aliphatic heterocycles. The largest absolute Gasteiger partial charge is 0.383 e. The summed E-state index contributed by atoms with van der Waals surface area (Å²) in [6.07, 6.45) is 3.33. The molecular formula is C15H18BrN3O2. The first-order valence-electron chi connectivity index (χ1n) is 6.60. The zero-order valence-electron chi connectivity index (χ0n) is 12.1. The number of hydrogen-bond acceptors (Lipinski definition) is 3. The van der Waals surface area contributed by atoms with E-state index < -0.39 is 0 Å². The van der Waals surface area contributed by atoms with Gasteiger partial charge in [0.25, 0.3) is 5.91 Å². The average Bonchev–Trinajstić information content (AvgIpc) is 2.97. The van der Waals surface area contributed by atoms with Crippen molar-refractivity contribution < 1.29 is 9.53 Å². The van der Waals surface area contributed by atoms with Gasteiger partial charge in [-0.1, -0.05) is 34.1 Å². The molecule has 112 valence electrons. The van der Waals surface area contributed by atoms with Crippen LogP contribution in [0.4, 0.5) is 0 Å². The maximum absolute atomic E-state index is 12.3. The van der Waals surface area contributed by atoms with E-state index in [1.54, 1.807) is 36.1 Å². The molecular weight excluding hydrogens is 334 g/mol. The highest BCUT2D eigenvalue weighted by molar-refractivity contribution is 9.09. The molecule has 6 heteroatoms. The molecule has 0 aliphatic carbocycles. The quantitative estimate of drug-likeness (QED) is 0.750. The summed E-state index contributed by atoms with van der Waals surface area (Å²) < 4.78 is 6.75. The first kappa shape index (κ1) is 15.7. The Bertz CT molecular complexity index is 586. The van der Waals surface area contributed by atoms with Crippen LogP contribution in [0.3, 0.4) is 0 Å². The summed E-state index contributed by atoms with van der Waals surface area (Å²) in [6, 6.07) is 9.70. The van der Waals surface area contributed by atoms with Gasteiger partial charge in [0.05, 0.1) is 28.9 Å². The number of hydrogen-bond donors (Lipinski definition) is 0. The van der Waals surface area contributed by atoms with Gasteiger partial charge >= 0.3 is 0 Å². The summed E-state index contributed by atoms with van der Waals surface area (Å²) in [5.74, 6) is -0.0577. The van der Waals surface area contributed by atoms with Gasteiger partial charge in [0.1, 0.15) is 0 Å². The van der Waals surface area contributed by atoms with Gasteiger partial charge in [-0.05, 0) is 12.1 Å². The Kier molecular flexibility index (Phi) is 5.52. The molecule has 1 heterocycles. The molecule has 0 bridgehead atoms. The second-order valence-electron chi connectivity index (χ2n) is 4.75. The number of carbonyl (C=O) groups is 1. The highest BCUT2D eigenvalue weighted by Crippen LogP contribution is 2.10. The highest BCUT2D eigenvalue weighted by atomic mass is 79.9. The summed E-state index contributed by atoms with van der Waals surface area (Å²) in [7, 11) is 3.41. The average molecular weight is 352 g/mol. The molecule has 0 radical (unpaired) electrons. The van der Waals surface area contributed by atoms with Crippen LogP contribution in [0.15, 0.2) is 42.7 Å². The van der Waals surface area contributed by atoms with E-state index in [9.17, 15) is 4.79 Å². The van der Waals surface area contributed by atoms with Crippen molar-refractivity contribution in [1.29, 1.82) is 0 Å². The molecule has 0 saturated carbocycles. The van der Waals surface area contributed by atoms with Crippen molar-refractivity contribution in [3.8, 4) is 5.69 Å². The molecule has 2 rings (SSSR count). The first-order valence-corrected chi connectivity index (χ1v) is 7.52. The first-order chi connectivity index (χ1) is 10.1. The highest BCUT2D eigenvalue weighted by Gasteiger charge is 2.17. The maximum atomic E-state index is 12.3. The van der Waals surface area contributed by atoms with E-state index >= 15 is 0 Å². The number of methoxy groups -OCH3 is 1. The molecule has 1 aromatic carbocycles. The van der Waals surface area contributed by atoms with Crippen LogP contribution in [0, 0.1) is 0 Å². The Hall–Kier alpha value is -1.66. The topological polar surface area (TPSA) is 47.4 Å². The lowest BCUT2D eigenvalue weighted by atomic mass is 10.3. The number of carbonyl (C=O) groups excluding carboxylic acids is 1. The van der Waals surface area contributed by atoms with Crippen LogP contribution < -0.4 is 0 Å². The molecule has 0 fully saturated rings. The molecule has 21 heavy (non-hydrogen) atoms. The molecule has 1 unspecified atom stereocenters. The number of alkyl halides is 1. The lowest BCUT2D eigenvalue weighted by molar-refractivity contribution is 0.0784. The zero-order chi connectivity index (χ0) is 15.2. The van der Waals surface area contributed by atoms with E-state index in [0.717, 1.165) is 5.69 Å². The molecule has 0 N–H and O–H groups in total. The van der Waals surface area contributed by atoms with Crippen molar-refractivity contribution in [2.45, 2.75) is 4.83 Å². The Balaban J connectivity index is 2.05. The Morgan fingerprint density at radius 1 is 1.43 bits per heavy atom. The lowest BCUT2D eigenvalue weighted by Gasteiger charge is -2.19. The van der Waals surface area contributed by atoms with Crippen molar-refractivity contribution in [3.05, 3.63) is 48.3 Å². The minimum Gasteiger partial charge on any atom is -0.383 e. The third kappa shape index (κ3) is 4.15. The van der Waals surface area contributed by atoms with Crippen LogP contribution in [0.25, 0.3) is 5.69 Å². The Morgan fingerprint density at radius 3 is 2.81 bits per heavy atom. The van der Waals surface area contributed by atoms with Crippen LogP contribution in [0.1, 0.15) is 10.4 Å². The van der Waals surface area contributed by atoms with E-state index in [1.165, 1.54) is 0 Å². The normalized spacial score (nSPS) is 12.1. The number of para-hydroxylation sites is 1. The monoisotopic (exact) mass is 351 g/mol. The molecule has 2 aromatic rings. The van der Waals surface area contributed by atoms with Crippen molar-refractivity contribution in [1.82, 2.24) is 14.7 Å². The van der Waals surface area contributed by atoms with Crippen LogP contribution >= 0.6 is 15.9 Å². The summed E-state index contributed by atoms with van der Waals surface area (Å²) >= 11 is 3.48. The van der Waals surface area contributed by atoms with Gasteiger partial charge in [0.2, 0.25) is 0 Å². The van der Waals surface area contributed by atoms with Crippen molar-refractivity contribution in [2.75, 3.05) is 27.3 Å². The Morgan fingerprint density at radius 2 is 2.14 bits per heavy atom. The third-order valence-corrected chi connectivity index (χ3v) is 3.57. The van der Waals surface area contributed by atoms with Gasteiger partial charge in [0.15, 0.2) is 0 Å². The molecule has 1 amide bonds. The van der Waals surface area contributed by atoms with Crippen LogP contribution in [-0.2, 0) is 4.74 Å². The van der Waals surface area contributed by atoms with Gasteiger partial charge in [-0.15, -0.1) is 0 Å². The van der Waals surface area contributed by atoms with Gasteiger partial charge in [-0.2, -0.15) is 5.10 Å². The van der Waals surface area contributed by atoms with Crippen LogP contribution in [0.5, 0.6) is 0 Å². The summed E-state index contributed by atoms with van der Waals surface area (Å²) in [4.78, 5) is 14.1. The number of halogens is 1. The van der Waals surface area contributed by atoms with E-state index in [2.05, 4.69) is 21.0 Å². The second kappa shape index (κ2) is 7.38. The maximum Gasteiger partial charge on any atom is 0.256 e. The number of nitrogens with zero attached hydrogens (tertiary/aromatic N) is 3. The van der Waals surface area contributed by atoms with E-state index in [-0.39, 0.29) is 10.7 Å². The molecule has 0 spiro atoms. The fourth-order valence-corrected chi connectivity index (χ4v) is 2.69. The molecule has 0 saturated heterocycles. The van der Waals surface area contributed by atoms with Crippen molar-refractivity contribution >= 4 is 21.8 Å². The third-order valence-electron chi connectivity index (χ3n) is 3.02. The van der Waals surface area contributed by atoms with Crippen LogP contribution in [0.2, 0.25) is 0 Å². The number of amides is 1.